The fourth-order valence-electron chi connectivity index (χ4n) is 2.04. The van der Waals surface area contributed by atoms with Crippen LogP contribution >= 0.6 is 0 Å². The molecule has 0 amide bonds. The third-order valence-corrected chi connectivity index (χ3v) is 2.86. The average Bonchev–Trinajstić information content (AvgIpc) is 2.99. The molecule has 0 saturated heterocycles. The van der Waals surface area contributed by atoms with Gasteiger partial charge in [0.25, 0.3) is 0 Å². The highest BCUT2D eigenvalue weighted by atomic mass is 16.7. The Morgan fingerprint density at radius 1 is 1.33 bits per heavy atom. The summed E-state index contributed by atoms with van der Waals surface area (Å²) in [4.78, 5) is 0. The molecule has 6 nitrogen and oxygen atoms in total. The Hall–Kier alpha value is -2.21. The minimum Gasteiger partial charge on any atom is -0.453 e. The predicted octanol–water partition coefficient (Wildman–Crippen LogP) is 1.53. The fourth-order valence-corrected chi connectivity index (χ4v) is 2.04. The van der Waals surface area contributed by atoms with E-state index in [1.54, 1.807) is 13.3 Å². The van der Waals surface area contributed by atoms with E-state index in [4.69, 9.17) is 19.9 Å². The average molecular weight is 247 g/mol. The SMILES string of the molecule is COCc1ccc(-c2cn[nH]c2N)c2c1OCO2. The van der Waals surface area contributed by atoms with E-state index in [1.807, 2.05) is 12.1 Å². The second kappa shape index (κ2) is 4.23. The summed E-state index contributed by atoms with van der Waals surface area (Å²) in [7, 11) is 1.64. The molecule has 0 atom stereocenters. The highest BCUT2D eigenvalue weighted by molar-refractivity contribution is 5.81. The van der Waals surface area contributed by atoms with Crippen LogP contribution in [-0.2, 0) is 11.3 Å². The smallest absolute Gasteiger partial charge is 0.231 e. The highest BCUT2D eigenvalue weighted by Crippen LogP contribution is 2.44. The molecule has 94 valence electrons. The molecular formula is C12H13N3O3. The predicted molar refractivity (Wildman–Crippen MR) is 65.3 cm³/mol. The van der Waals surface area contributed by atoms with E-state index in [1.165, 1.54) is 0 Å². The second-order valence-electron chi connectivity index (χ2n) is 3.97. The third-order valence-electron chi connectivity index (χ3n) is 2.86. The number of H-pyrrole nitrogens is 1. The Morgan fingerprint density at radius 2 is 2.17 bits per heavy atom. The van der Waals surface area contributed by atoms with E-state index in [0.717, 1.165) is 22.4 Å². The van der Waals surface area contributed by atoms with E-state index in [0.29, 0.717) is 18.2 Å². The van der Waals surface area contributed by atoms with E-state index in [9.17, 15) is 0 Å². The van der Waals surface area contributed by atoms with Gasteiger partial charge in [-0.1, -0.05) is 6.07 Å². The molecule has 1 aromatic heterocycles. The van der Waals surface area contributed by atoms with Crippen molar-refractivity contribution in [3.8, 4) is 22.6 Å². The van der Waals surface area contributed by atoms with E-state index < -0.39 is 0 Å². The molecule has 1 aliphatic heterocycles. The van der Waals surface area contributed by atoms with Gasteiger partial charge >= 0.3 is 0 Å². The number of nitrogen functional groups attached to an aromatic ring is 1. The number of methoxy groups -OCH3 is 1. The van der Waals surface area contributed by atoms with Crippen molar-refractivity contribution in [2.24, 2.45) is 0 Å². The number of hydrogen-bond acceptors (Lipinski definition) is 5. The van der Waals surface area contributed by atoms with Gasteiger partial charge in [0, 0.05) is 23.8 Å². The number of aromatic nitrogens is 2. The number of nitrogens with one attached hydrogen (secondary N) is 1. The topological polar surface area (TPSA) is 82.4 Å². The molecule has 18 heavy (non-hydrogen) atoms. The molecule has 0 bridgehead atoms. The zero-order valence-corrected chi connectivity index (χ0v) is 9.90. The zero-order chi connectivity index (χ0) is 12.5. The molecular weight excluding hydrogens is 234 g/mol. The molecule has 0 saturated carbocycles. The zero-order valence-electron chi connectivity index (χ0n) is 9.90. The molecule has 0 spiro atoms. The van der Waals surface area contributed by atoms with Crippen molar-refractivity contribution >= 4 is 5.82 Å². The first kappa shape index (κ1) is 10.9. The molecule has 2 aromatic rings. The van der Waals surface area contributed by atoms with Gasteiger partial charge in [0.05, 0.1) is 12.8 Å². The Bertz CT molecular complexity index is 580. The fraction of sp³-hybridized carbons (Fsp3) is 0.250. The van der Waals surface area contributed by atoms with Crippen molar-refractivity contribution in [3.63, 3.8) is 0 Å². The first-order valence-corrected chi connectivity index (χ1v) is 5.51. The van der Waals surface area contributed by atoms with Crippen LogP contribution < -0.4 is 15.2 Å². The van der Waals surface area contributed by atoms with E-state index >= 15 is 0 Å². The van der Waals surface area contributed by atoms with Gasteiger partial charge in [-0.25, -0.2) is 0 Å². The Kier molecular flexibility index (Phi) is 2.56. The van der Waals surface area contributed by atoms with E-state index in [2.05, 4.69) is 10.2 Å². The minimum absolute atomic E-state index is 0.209. The summed E-state index contributed by atoms with van der Waals surface area (Å²) in [5.41, 5.74) is 8.45. The van der Waals surface area contributed by atoms with E-state index in [-0.39, 0.29) is 6.79 Å². The number of aromatic amines is 1. The standard InChI is InChI=1S/C12H13N3O3/c1-16-5-7-2-3-8(9-4-14-15-12(9)13)11-10(7)17-6-18-11/h2-4H,5-6H2,1H3,(H3,13,14,15). The van der Waals surface area contributed by atoms with Crippen molar-refractivity contribution in [1.29, 1.82) is 0 Å². The van der Waals surface area contributed by atoms with Gasteiger partial charge in [0.2, 0.25) is 6.79 Å². The quantitative estimate of drug-likeness (QED) is 0.859. The Morgan fingerprint density at radius 3 is 2.89 bits per heavy atom. The molecule has 0 fully saturated rings. The number of fused-ring (bicyclic) bond motifs is 1. The second-order valence-corrected chi connectivity index (χ2v) is 3.97. The largest absolute Gasteiger partial charge is 0.453 e. The van der Waals surface area contributed by atoms with Crippen molar-refractivity contribution < 1.29 is 14.2 Å². The van der Waals surface area contributed by atoms with Crippen molar-refractivity contribution in [2.45, 2.75) is 6.61 Å². The molecule has 0 unspecified atom stereocenters. The number of nitrogens with zero attached hydrogens (tertiary/aromatic N) is 1. The summed E-state index contributed by atoms with van der Waals surface area (Å²) < 4.78 is 16.1. The van der Waals surface area contributed by atoms with Crippen LogP contribution in [0.15, 0.2) is 18.3 Å². The van der Waals surface area contributed by atoms with Gasteiger partial charge in [0.15, 0.2) is 11.5 Å². The number of anilines is 1. The Labute approximate surface area is 104 Å². The van der Waals surface area contributed by atoms with Crippen LogP contribution in [0.3, 0.4) is 0 Å². The van der Waals surface area contributed by atoms with Crippen LogP contribution in [0.1, 0.15) is 5.56 Å². The molecule has 1 aromatic carbocycles. The van der Waals surface area contributed by atoms with Gasteiger partial charge in [-0.2, -0.15) is 5.10 Å². The van der Waals surface area contributed by atoms with Gasteiger partial charge in [-0.3, -0.25) is 5.10 Å². The third kappa shape index (κ3) is 1.58. The van der Waals surface area contributed by atoms with Crippen LogP contribution in [-0.4, -0.2) is 24.1 Å². The number of benzene rings is 1. The summed E-state index contributed by atoms with van der Waals surface area (Å²) in [5.74, 6) is 1.92. The maximum Gasteiger partial charge on any atom is 0.231 e. The summed E-state index contributed by atoms with van der Waals surface area (Å²) in [6, 6.07) is 3.88. The summed E-state index contributed by atoms with van der Waals surface area (Å²) in [6.45, 7) is 0.688. The van der Waals surface area contributed by atoms with Gasteiger partial charge in [-0.05, 0) is 6.07 Å². The first-order chi connectivity index (χ1) is 8.81. The van der Waals surface area contributed by atoms with Crippen molar-refractivity contribution in [1.82, 2.24) is 10.2 Å². The lowest BCUT2D eigenvalue weighted by Crippen LogP contribution is -1.95. The molecule has 6 heteroatoms. The molecule has 0 aliphatic carbocycles. The number of nitrogens with two attached hydrogens (primary N) is 1. The summed E-state index contributed by atoms with van der Waals surface area (Å²) in [6.07, 6.45) is 1.67. The monoisotopic (exact) mass is 247 g/mol. The summed E-state index contributed by atoms with van der Waals surface area (Å²) >= 11 is 0. The van der Waals surface area contributed by atoms with Crippen LogP contribution in [0.25, 0.3) is 11.1 Å². The van der Waals surface area contributed by atoms with Crippen LogP contribution in [0.5, 0.6) is 11.5 Å². The molecule has 2 heterocycles. The number of hydrogen-bond donors (Lipinski definition) is 2. The van der Waals surface area contributed by atoms with Crippen LogP contribution in [0.2, 0.25) is 0 Å². The normalized spacial score (nSPS) is 12.9. The lowest BCUT2D eigenvalue weighted by Gasteiger charge is -2.08. The van der Waals surface area contributed by atoms with Gasteiger partial charge < -0.3 is 19.9 Å². The number of ether oxygens (including phenoxy) is 3. The van der Waals surface area contributed by atoms with Crippen LogP contribution in [0.4, 0.5) is 5.82 Å². The Balaban J connectivity index is 2.13. The van der Waals surface area contributed by atoms with Crippen LogP contribution in [0, 0.1) is 0 Å². The minimum atomic E-state index is 0.209. The lowest BCUT2D eigenvalue weighted by molar-refractivity contribution is 0.163. The summed E-state index contributed by atoms with van der Waals surface area (Å²) in [5, 5.41) is 6.62. The molecule has 0 radical (unpaired) electrons. The van der Waals surface area contributed by atoms with Crippen molar-refractivity contribution in [3.05, 3.63) is 23.9 Å². The van der Waals surface area contributed by atoms with Gasteiger partial charge in [-0.15, -0.1) is 0 Å². The number of rotatable bonds is 3. The maximum absolute atomic E-state index is 5.82. The maximum atomic E-state index is 5.82. The highest BCUT2D eigenvalue weighted by Gasteiger charge is 2.23. The lowest BCUT2D eigenvalue weighted by atomic mass is 10.0. The molecule has 3 N–H and O–H groups in total. The molecule has 1 aliphatic rings. The first-order valence-electron chi connectivity index (χ1n) is 5.51. The van der Waals surface area contributed by atoms with Gasteiger partial charge in [0.1, 0.15) is 5.82 Å². The van der Waals surface area contributed by atoms with Crippen molar-refractivity contribution in [2.75, 3.05) is 19.6 Å². The molecule has 3 rings (SSSR count).